The number of morpholine rings is 1. The Hall–Kier alpha value is -1.22. The van der Waals surface area contributed by atoms with Gasteiger partial charge in [0.05, 0.1) is 19.8 Å². The van der Waals surface area contributed by atoms with Crippen LogP contribution in [0.1, 0.15) is 6.92 Å². The van der Waals surface area contributed by atoms with Gasteiger partial charge in [0.1, 0.15) is 0 Å². The number of carbonyl (C=O) groups is 1. The van der Waals surface area contributed by atoms with Crippen LogP contribution < -0.4 is 0 Å². The van der Waals surface area contributed by atoms with Crippen LogP contribution in [-0.2, 0) is 14.3 Å². The van der Waals surface area contributed by atoms with Crippen molar-refractivity contribution in [3.63, 3.8) is 0 Å². The smallest absolute Gasteiger partial charge is 0.436 e. The van der Waals surface area contributed by atoms with E-state index in [1.807, 2.05) is 5.01 Å². The summed E-state index contributed by atoms with van der Waals surface area (Å²) >= 11 is 0. The molecular formula is C9H13N4O4-. The number of hydrazine groups is 1. The molecule has 0 aliphatic carbocycles. The van der Waals surface area contributed by atoms with Crippen molar-refractivity contribution in [3.8, 4) is 0 Å². The van der Waals surface area contributed by atoms with Gasteiger partial charge in [-0.25, -0.2) is 4.79 Å². The zero-order valence-electron chi connectivity index (χ0n) is 9.46. The summed E-state index contributed by atoms with van der Waals surface area (Å²) in [7, 11) is 0. The van der Waals surface area contributed by atoms with Gasteiger partial charge in [-0.05, 0) is 6.92 Å². The van der Waals surface area contributed by atoms with Crippen LogP contribution in [0.4, 0.5) is 4.79 Å². The first-order chi connectivity index (χ1) is 8.29. The third-order valence-electron chi connectivity index (χ3n) is 2.12. The third kappa shape index (κ3) is 3.37. The summed E-state index contributed by atoms with van der Waals surface area (Å²) in [6, 6.07) is 0. The van der Waals surface area contributed by atoms with E-state index in [9.17, 15) is 4.79 Å². The predicted molar refractivity (Wildman–Crippen MR) is 56.4 cm³/mol. The molecule has 2 radical (unpaired) electrons. The van der Waals surface area contributed by atoms with Crippen molar-refractivity contribution in [2.75, 3.05) is 32.9 Å². The van der Waals surface area contributed by atoms with Crippen LogP contribution >= 0.6 is 0 Å². The molecule has 0 N–H and O–H groups in total. The predicted octanol–water partition coefficient (Wildman–Crippen LogP) is 0.363. The van der Waals surface area contributed by atoms with Crippen molar-refractivity contribution >= 4 is 12.0 Å². The van der Waals surface area contributed by atoms with Crippen LogP contribution in [0.3, 0.4) is 0 Å². The molecule has 0 aromatic carbocycles. The molecule has 2 aliphatic rings. The second-order valence-corrected chi connectivity index (χ2v) is 3.26. The molecule has 0 aromatic heterocycles. The molecule has 0 bridgehead atoms. The Bertz CT molecular complexity index is 303. The Morgan fingerprint density at radius 1 is 1.59 bits per heavy atom. The minimum atomic E-state index is -0.714. The van der Waals surface area contributed by atoms with E-state index in [-0.39, 0.29) is 12.5 Å². The van der Waals surface area contributed by atoms with Crippen molar-refractivity contribution < 1.29 is 19.1 Å². The Morgan fingerprint density at radius 2 is 2.35 bits per heavy atom. The Balaban J connectivity index is 1.84. The highest BCUT2D eigenvalue weighted by atomic mass is 16.7. The summed E-state index contributed by atoms with van der Waals surface area (Å²) in [6.45, 7) is 7.30. The van der Waals surface area contributed by atoms with Gasteiger partial charge in [-0.2, -0.15) is 0 Å². The lowest BCUT2D eigenvalue weighted by atomic mass is 10.5. The molecule has 2 fully saturated rings. The molecule has 0 saturated carbocycles. The van der Waals surface area contributed by atoms with Gasteiger partial charge >= 0.3 is 6.09 Å². The van der Waals surface area contributed by atoms with Gasteiger partial charge in [-0.15, -0.1) is 4.99 Å². The van der Waals surface area contributed by atoms with E-state index in [0.29, 0.717) is 26.3 Å². The molecular weight excluding hydrogens is 228 g/mol. The first kappa shape index (κ1) is 12.2. The maximum atomic E-state index is 11.1. The molecule has 8 heteroatoms. The van der Waals surface area contributed by atoms with Crippen molar-refractivity contribution in [2.45, 2.75) is 6.92 Å². The second kappa shape index (κ2) is 5.92. The second-order valence-electron chi connectivity index (χ2n) is 3.26. The molecule has 2 aliphatic heterocycles. The zero-order chi connectivity index (χ0) is 12.1. The fourth-order valence-corrected chi connectivity index (χ4v) is 1.35. The third-order valence-corrected chi connectivity index (χ3v) is 2.12. The summed E-state index contributed by atoms with van der Waals surface area (Å²) in [5.41, 5.74) is 3.71. The van der Waals surface area contributed by atoms with Gasteiger partial charge in [-0.1, -0.05) is 0 Å². The molecule has 94 valence electrons. The Kier molecular flexibility index (Phi) is 4.26. The molecule has 0 spiro atoms. The van der Waals surface area contributed by atoms with E-state index < -0.39 is 6.09 Å². The normalized spacial score (nSPS) is 24.9. The van der Waals surface area contributed by atoms with Gasteiger partial charge in [-0.3, -0.25) is 10.1 Å². The first-order valence-electron chi connectivity index (χ1n) is 5.32. The number of hydrogen-bond acceptors (Lipinski definition) is 6. The van der Waals surface area contributed by atoms with E-state index in [1.54, 1.807) is 6.92 Å². The van der Waals surface area contributed by atoms with Crippen molar-refractivity contribution in [1.82, 2.24) is 10.1 Å². The summed E-state index contributed by atoms with van der Waals surface area (Å²) in [5, 5.41) is 3.26. The molecule has 2 heterocycles. The van der Waals surface area contributed by atoms with E-state index in [1.165, 1.54) is 5.12 Å². The number of rotatable bonds is 2. The number of amides is 1. The van der Waals surface area contributed by atoms with Crippen molar-refractivity contribution in [2.24, 2.45) is 4.99 Å². The summed E-state index contributed by atoms with van der Waals surface area (Å²) in [4.78, 5) is 19.4. The maximum absolute atomic E-state index is 11.1. The zero-order valence-corrected chi connectivity index (χ0v) is 9.46. The van der Waals surface area contributed by atoms with Crippen LogP contribution in [0.25, 0.3) is 5.59 Å². The quantitative estimate of drug-likeness (QED) is 0.694. The number of ether oxygens (including phenoxy) is 2. The largest absolute Gasteiger partial charge is 0.562 e. The van der Waals surface area contributed by atoms with Crippen LogP contribution in [0.5, 0.6) is 0 Å². The van der Waals surface area contributed by atoms with Gasteiger partial charge in [0.15, 0.2) is 6.54 Å². The topological polar surface area (TPSA) is 77.7 Å². The number of hydrogen-bond donors (Lipinski definition) is 0. The van der Waals surface area contributed by atoms with Gasteiger partial charge in [0.25, 0.3) is 0 Å². The lowest BCUT2D eigenvalue weighted by Gasteiger charge is -2.39. The van der Waals surface area contributed by atoms with Crippen LogP contribution in [-0.4, -0.2) is 55.0 Å². The van der Waals surface area contributed by atoms with Gasteiger partial charge < -0.3 is 19.9 Å². The summed E-state index contributed by atoms with van der Waals surface area (Å²) < 4.78 is 9.84. The molecule has 1 amide bonds. The molecule has 8 nitrogen and oxygen atoms in total. The average Bonchev–Trinajstić information content (AvgIpc) is 2.79. The van der Waals surface area contributed by atoms with Crippen LogP contribution in [0.15, 0.2) is 4.99 Å². The Labute approximate surface area is 99.0 Å². The van der Waals surface area contributed by atoms with Crippen LogP contribution in [0, 0.1) is 6.54 Å². The van der Waals surface area contributed by atoms with Gasteiger partial charge in [0, 0.05) is 13.1 Å². The standard InChI is InChI=1S/C9H13N4O4/c1-2-16-9(14)10-8-7-13(11-17-8)12-3-5-15-6-4-12/h2-6H2,1H3/q-1/b10-8-. The van der Waals surface area contributed by atoms with Crippen LogP contribution in [0.2, 0.25) is 0 Å². The molecule has 0 unspecified atom stereocenters. The van der Waals surface area contributed by atoms with E-state index >= 15 is 0 Å². The lowest BCUT2D eigenvalue weighted by molar-refractivity contribution is -0.0586. The number of carbonyl (C=O) groups excluding carboxylic acids is 1. The Morgan fingerprint density at radius 3 is 3.06 bits per heavy atom. The van der Waals surface area contributed by atoms with Gasteiger partial charge in [0.2, 0.25) is 5.90 Å². The van der Waals surface area contributed by atoms with Crippen molar-refractivity contribution in [1.29, 1.82) is 0 Å². The monoisotopic (exact) mass is 241 g/mol. The molecule has 0 aromatic rings. The summed E-state index contributed by atoms with van der Waals surface area (Å²) in [5.74, 6) is -0.00468. The van der Waals surface area contributed by atoms with E-state index in [2.05, 4.69) is 21.9 Å². The molecule has 2 rings (SSSR count). The molecule has 2 saturated heterocycles. The minimum absolute atomic E-state index is 0.00468. The molecule has 0 atom stereocenters. The van der Waals surface area contributed by atoms with E-state index in [4.69, 9.17) is 9.57 Å². The highest BCUT2D eigenvalue weighted by Crippen LogP contribution is 2.19. The fourth-order valence-electron chi connectivity index (χ4n) is 1.35. The first-order valence-corrected chi connectivity index (χ1v) is 5.32. The molecule has 17 heavy (non-hydrogen) atoms. The fraction of sp³-hybridized carbons (Fsp3) is 0.667. The van der Waals surface area contributed by atoms with E-state index in [0.717, 1.165) is 0 Å². The maximum Gasteiger partial charge on any atom is 0.436 e. The average molecular weight is 241 g/mol. The van der Waals surface area contributed by atoms with Crippen molar-refractivity contribution in [3.05, 3.63) is 12.1 Å². The summed E-state index contributed by atoms with van der Waals surface area (Å²) in [6.07, 6.45) is -0.714. The number of nitrogens with zero attached hydrogens (tertiary/aromatic N) is 4. The lowest BCUT2D eigenvalue weighted by Crippen LogP contribution is -2.44. The number of aliphatic imine (C=N–C) groups is 1. The minimum Gasteiger partial charge on any atom is -0.562 e. The SMILES string of the molecule is CCOC(=O)/N=C1/[C]N(N2CCOCC2)[N-]O1. The highest BCUT2D eigenvalue weighted by Gasteiger charge is 2.21. The highest BCUT2D eigenvalue weighted by molar-refractivity contribution is 5.94.